The SMILES string of the molecule is CCOc1ccc(NCCC(=O)N2CCCC(C)C2)cc1. The van der Waals surface area contributed by atoms with Gasteiger partial charge in [0.05, 0.1) is 6.61 Å². The fraction of sp³-hybridized carbons (Fsp3) is 0.588. The maximum absolute atomic E-state index is 12.1. The second kappa shape index (κ2) is 7.91. The Morgan fingerprint density at radius 1 is 1.38 bits per heavy atom. The number of nitrogens with one attached hydrogen (secondary N) is 1. The molecule has 1 fully saturated rings. The molecule has 2 rings (SSSR count). The van der Waals surface area contributed by atoms with Gasteiger partial charge in [-0.25, -0.2) is 0 Å². The molecule has 0 bridgehead atoms. The molecule has 0 spiro atoms. The molecule has 0 saturated carbocycles. The molecule has 4 nitrogen and oxygen atoms in total. The van der Waals surface area contributed by atoms with Crippen molar-refractivity contribution in [2.24, 2.45) is 5.92 Å². The number of carbonyl (C=O) groups is 1. The molecule has 0 aromatic heterocycles. The van der Waals surface area contributed by atoms with E-state index in [1.807, 2.05) is 36.1 Å². The van der Waals surface area contributed by atoms with Gasteiger partial charge in [-0.15, -0.1) is 0 Å². The van der Waals surface area contributed by atoms with Crippen LogP contribution in [0.25, 0.3) is 0 Å². The van der Waals surface area contributed by atoms with Gasteiger partial charge in [-0.05, 0) is 49.9 Å². The molecular weight excluding hydrogens is 264 g/mol. The van der Waals surface area contributed by atoms with E-state index in [1.165, 1.54) is 6.42 Å². The van der Waals surface area contributed by atoms with E-state index in [1.54, 1.807) is 0 Å². The fourth-order valence-corrected chi connectivity index (χ4v) is 2.72. The number of ether oxygens (including phenoxy) is 1. The summed E-state index contributed by atoms with van der Waals surface area (Å²) in [6.45, 7) is 7.39. The Balaban J connectivity index is 1.72. The Bertz CT molecular complexity index is 445. The van der Waals surface area contributed by atoms with Crippen LogP contribution in [0.15, 0.2) is 24.3 Å². The Labute approximate surface area is 127 Å². The van der Waals surface area contributed by atoms with Crippen molar-refractivity contribution in [3.05, 3.63) is 24.3 Å². The third kappa shape index (κ3) is 4.96. The molecule has 1 atom stereocenters. The van der Waals surface area contributed by atoms with Crippen LogP contribution in [0.5, 0.6) is 5.75 Å². The number of rotatable bonds is 6. The van der Waals surface area contributed by atoms with Crippen molar-refractivity contribution in [3.8, 4) is 5.75 Å². The average Bonchev–Trinajstić information content (AvgIpc) is 2.49. The fourth-order valence-electron chi connectivity index (χ4n) is 2.72. The Morgan fingerprint density at radius 2 is 2.14 bits per heavy atom. The van der Waals surface area contributed by atoms with Crippen LogP contribution in [-0.4, -0.2) is 37.0 Å². The first-order valence-corrected chi connectivity index (χ1v) is 7.93. The van der Waals surface area contributed by atoms with Gasteiger partial charge in [-0.3, -0.25) is 4.79 Å². The van der Waals surface area contributed by atoms with E-state index < -0.39 is 0 Å². The van der Waals surface area contributed by atoms with E-state index in [-0.39, 0.29) is 5.91 Å². The maximum atomic E-state index is 12.1. The lowest BCUT2D eigenvalue weighted by Gasteiger charge is -2.31. The van der Waals surface area contributed by atoms with Crippen LogP contribution in [0.1, 0.15) is 33.1 Å². The van der Waals surface area contributed by atoms with E-state index in [0.29, 0.717) is 25.5 Å². The minimum Gasteiger partial charge on any atom is -0.494 e. The number of benzene rings is 1. The molecule has 1 heterocycles. The molecule has 21 heavy (non-hydrogen) atoms. The summed E-state index contributed by atoms with van der Waals surface area (Å²) in [6.07, 6.45) is 2.94. The second-order valence-corrected chi connectivity index (χ2v) is 5.72. The molecule has 0 radical (unpaired) electrons. The number of anilines is 1. The van der Waals surface area contributed by atoms with Gasteiger partial charge < -0.3 is 15.0 Å². The summed E-state index contributed by atoms with van der Waals surface area (Å²) in [7, 11) is 0. The van der Waals surface area contributed by atoms with Crippen molar-refractivity contribution in [1.29, 1.82) is 0 Å². The smallest absolute Gasteiger partial charge is 0.224 e. The first-order valence-electron chi connectivity index (χ1n) is 7.93. The molecule has 1 aliphatic heterocycles. The normalized spacial score (nSPS) is 18.4. The highest BCUT2D eigenvalue weighted by atomic mass is 16.5. The van der Waals surface area contributed by atoms with Gasteiger partial charge in [0.15, 0.2) is 0 Å². The Hall–Kier alpha value is -1.71. The predicted octanol–water partition coefficient (Wildman–Crippen LogP) is 3.15. The van der Waals surface area contributed by atoms with Crippen molar-refractivity contribution in [2.75, 3.05) is 31.6 Å². The molecule has 1 N–H and O–H groups in total. The zero-order chi connectivity index (χ0) is 15.1. The summed E-state index contributed by atoms with van der Waals surface area (Å²) in [5.41, 5.74) is 1.03. The monoisotopic (exact) mass is 290 g/mol. The summed E-state index contributed by atoms with van der Waals surface area (Å²) >= 11 is 0. The molecule has 1 aliphatic rings. The van der Waals surface area contributed by atoms with Gasteiger partial charge >= 0.3 is 0 Å². The van der Waals surface area contributed by atoms with Crippen LogP contribution in [-0.2, 0) is 4.79 Å². The molecule has 1 saturated heterocycles. The van der Waals surface area contributed by atoms with Crippen molar-refractivity contribution >= 4 is 11.6 Å². The summed E-state index contributed by atoms with van der Waals surface area (Å²) in [6, 6.07) is 7.86. The van der Waals surface area contributed by atoms with E-state index in [4.69, 9.17) is 4.74 Å². The lowest BCUT2D eigenvalue weighted by Crippen LogP contribution is -2.39. The van der Waals surface area contributed by atoms with E-state index in [0.717, 1.165) is 30.9 Å². The lowest BCUT2D eigenvalue weighted by atomic mass is 10.00. The number of hydrogen-bond acceptors (Lipinski definition) is 3. The summed E-state index contributed by atoms with van der Waals surface area (Å²) in [5.74, 6) is 1.78. The van der Waals surface area contributed by atoms with Crippen molar-refractivity contribution in [1.82, 2.24) is 4.90 Å². The maximum Gasteiger partial charge on any atom is 0.224 e. The predicted molar refractivity (Wildman–Crippen MR) is 85.7 cm³/mol. The van der Waals surface area contributed by atoms with Gasteiger partial charge in [0.2, 0.25) is 5.91 Å². The Kier molecular flexibility index (Phi) is 5.90. The van der Waals surface area contributed by atoms with Crippen molar-refractivity contribution in [3.63, 3.8) is 0 Å². The molecular formula is C17H26N2O2. The summed E-state index contributed by atoms with van der Waals surface area (Å²) < 4.78 is 5.40. The zero-order valence-corrected chi connectivity index (χ0v) is 13.1. The minimum atomic E-state index is 0.264. The standard InChI is InChI=1S/C17H26N2O2/c1-3-21-16-8-6-15(7-9-16)18-11-10-17(20)19-12-4-5-14(2)13-19/h6-9,14,18H,3-5,10-13H2,1-2H3. The highest BCUT2D eigenvalue weighted by Gasteiger charge is 2.20. The van der Waals surface area contributed by atoms with Gasteiger partial charge in [-0.1, -0.05) is 6.92 Å². The van der Waals surface area contributed by atoms with Crippen LogP contribution in [0, 0.1) is 5.92 Å². The van der Waals surface area contributed by atoms with Gasteiger partial charge in [0, 0.05) is 31.7 Å². The van der Waals surface area contributed by atoms with Gasteiger partial charge in [-0.2, -0.15) is 0 Å². The third-order valence-corrected chi connectivity index (χ3v) is 3.84. The number of carbonyl (C=O) groups excluding carboxylic acids is 1. The summed E-state index contributed by atoms with van der Waals surface area (Å²) in [4.78, 5) is 14.1. The molecule has 1 amide bonds. The topological polar surface area (TPSA) is 41.6 Å². The van der Waals surface area contributed by atoms with Crippen LogP contribution in [0.3, 0.4) is 0 Å². The van der Waals surface area contributed by atoms with E-state index >= 15 is 0 Å². The second-order valence-electron chi connectivity index (χ2n) is 5.72. The molecule has 1 aromatic rings. The molecule has 1 unspecified atom stereocenters. The first kappa shape index (κ1) is 15.7. The molecule has 4 heteroatoms. The number of likely N-dealkylation sites (tertiary alicyclic amines) is 1. The average molecular weight is 290 g/mol. The van der Waals surface area contributed by atoms with Gasteiger partial charge in [0.1, 0.15) is 5.75 Å². The molecule has 116 valence electrons. The molecule has 0 aliphatic carbocycles. The minimum absolute atomic E-state index is 0.264. The van der Waals surface area contributed by atoms with E-state index in [9.17, 15) is 4.79 Å². The highest BCUT2D eigenvalue weighted by Crippen LogP contribution is 2.17. The number of nitrogens with zero attached hydrogens (tertiary/aromatic N) is 1. The third-order valence-electron chi connectivity index (χ3n) is 3.84. The first-order chi connectivity index (χ1) is 10.2. The van der Waals surface area contributed by atoms with Crippen molar-refractivity contribution in [2.45, 2.75) is 33.1 Å². The largest absolute Gasteiger partial charge is 0.494 e. The van der Waals surface area contributed by atoms with Crippen LogP contribution in [0.2, 0.25) is 0 Å². The van der Waals surface area contributed by atoms with Crippen LogP contribution < -0.4 is 10.1 Å². The number of hydrogen-bond donors (Lipinski definition) is 1. The van der Waals surface area contributed by atoms with E-state index in [2.05, 4.69) is 12.2 Å². The summed E-state index contributed by atoms with van der Waals surface area (Å²) in [5, 5.41) is 3.29. The zero-order valence-electron chi connectivity index (χ0n) is 13.1. The highest BCUT2D eigenvalue weighted by molar-refractivity contribution is 5.76. The quantitative estimate of drug-likeness (QED) is 0.875. The van der Waals surface area contributed by atoms with Crippen LogP contribution >= 0.6 is 0 Å². The van der Waals surface area contributed by atoms with Crippen LogP contribution in [0.4, 0.5) is 5.69 Å². The van der Waals surface area contributed by atoms with Crippen molar-refractivity contribution < 1.29 is 9.53 Å². The molecule has 1 aromatic carbocycles. The Morgan fingerprint density at radius 3 is 2.81 bits per heavy atom. The lowest BCUT2D eigenvalue weighted by molar-refractivity contribution is -0.132. The van der Waals surface area contributed by atoms with Gasteiger partial charge in [0.25, 0.3) is 0 Å². The number of amides is 1. The number of piperidine rings is 1.